The van der Waals surface area contributed by atoms with Crippen LogP contribution in [0.4, 0.5) is 0 Å². The summed E-state index contributed by atoms with van der Waals surface area (Å²) in [6.45, 7) is 2.90. The van der Waals surface area contributed by atoms with Gasteiger partial charge in [-0.1, -0.05) is 0 Å². The lowest BCUT2D eigenvalue weighted by Crippen LogP contribution is -2.26. The van der Waals surface area contributed by atoms with Crippen LogP contribution in [-0.2, 0) is 4.74 Å². The zero-order valence-electron chi connectivity index (χ0n) is 11.0. The van der Waals surface area contributed by atoms with Crippen LogP contribution in [0.3, 0.4) is 0 Å². The van der Waals surface area contributed by atoms with Gasteiger partial charge in [0, 0.05) is 31.0 Å². The number of hydrogen-bond donors (Lipinski definition) is 2. The molecular formula is C14H16N3O2. The normalized spacial score (nSPS) is 10.4. The van der Waals surface area contributed by atoms with Gasteiger partial charge >= 0.3 is 0 Å². The third kappa shape index (κ3) is 3.20. The van der Waals surface area contributed by atoms with E-state index < -0.39 is 0 Å². The number of amides is 1. The lowest BCUT2D eigenvalue weighted by Gasteiger charge is -2.06. The van der Waals surface area contributed by atoms with Crippen LogP contribution >= 0.6 is 0 Å². The van der Waals surface area contributed by atoms with Crippen LogP contribution < -0.4 is 5.32 Å². The number of nitrogens with zero attached hydrogens (tertiary/aromatic N) is 1. The van der Waals surface area contributed by atoms with E-state index in [4.69, 9.17) is 4.74 Å². The molecule has 1 amide bonds. The molecule has 19 heavy (non-hydrogen) atoms. The summed E-state index contributed by atoms with van der Waals surface area (Å²) in [6, 6.07) is 8.32. The average Bonchev–Trinajstić information content (AvgIpc) is 2.85. The van der Waals surface area contributed by atoms with E-state index in [2.05, 4.69) is 21.6 Å². The standard InChI is InChI=1S/C14H16N3O2/c1-10-13(9-16-17-10)11-4-3-5-12(8-11)14(18)15-6-7-19-2/h4-5,8-9H,6-7H2,1-2H3,(H,15,18)(H,16,17). The largest absolute Gasteiger partial charge is 0.383 e. The first-order chi connectivity index (χ1) is 9.22. The summed E-state index contributed by atoms with van der Waals surface area (Å²) in [7, 11) is 1.60. The predicted octanol–water partition coefficient (Wildman–Crippen LogP) is 1.56. The Morgan fingerprint density at radius 3 is 3.05 bits per heavy atom. The Morgan fingerprint density at radius 2 is 2.37 bits per heavy atom. The van der Waals surface area contributed by atoms with Crippen molar-refractivity contribution in [1.29, 1.82) is 0 Å². The van der Waals surface area contributed by atoms with Gasteiger partial charge in [-0.2, -0.15) is 5.10 Å². The van der Waals surface area contributed by atoms with E-state index in [1.54, 1.807) is 13.2 Å². The van der Waals surface area contributed by atoms with E-state index >= 15 is 0 Å². The number of carbonyl (C=O) groups excluding carboxylic acids is 1. The molecule has 0 fully saturated rings. The van der Waals surface area contributed by atoms with Crippen LogP contribution in [-0.4, -0.2) is 36.4 Å². The third-order valence-electron chi connectivity index (χ3n) is 2.78. The van der Waals surface area contributed by atoms with Crippen molar-refractivity contribution in [2.45, 2.75) is 6.92 Å². The molecule has 2 rings (SSSR count). The summed E-state index contributed by atoms with van der Waals surface area (Å²) >= 11 is 0. The predicted molar refractivity (Wildman–Crippen MR) is 71.8 cm³/mol. The summed E-state index contributed by atoms with van der Waals surface area (Å²) in [4.78, 5) is 11.9. The third-order valence-corrected chi connectivity index (χ3v) is 2.78. The Bertz CT molecular complexity index is 563. The first kappa shape index (κ1) is 13.3. The number of carbonyl (C=O) groups is 1. The van der Waals surface area contributed by atoms with Crippen LogP contribution in [0.5, 0.6) is 0 Å². The maximum atomic E-state index is 11.9. The second kappa shape index (κ2) is 6.15. The van der Waals surface area contributed by atoms with E-state index in [0.29, 0.717) is 18.7 Å². The highest BCUT2D eigenvalue weighted by molar-refractivity contribution is 5.95. The minimum absolute atomic E-state index is 0.128. The molecule has 2 aromatic rings. The number of hydrogen-bond acceptors (Lipinski definition) is 3. The minimum Gasteiger partial charge on any atom is -0.383 e. The van der Waals surface area contributed by atoms with Crippen LogP contribution in [0.15, 0.2) is 24.4 Å². The molecule has 1 radical (unpaired) electrons. The summed E-state index contributed by atoms with van der Waals surface area (Å²) in [5.74, 6) is -0.128. The number of benzene rings is 1. The van der Waals surface area contributed by atoms with Gasteiger partial charge in [0.25, 0.3) is 5.91 Å². The molecule has 0 bridgehead atoms. The molecule has 5 nitrogen and oxygen atoms in total. The topological polar surface area (TPSA) is 67.0 Å². The number of aromatic amines is 1. The van der Waals surface area contributed by atoms with Crippen molar-refractivity contribution in [2.24, 2.45) is 0 Å². The number of aromatic nitrogens is 2. The number of H-pyrrole nitrogens is 1. The first-order valence-electron chi connectivity index (χ1n) is 6.01. The molecular weight excluding hydrogens is 242 g/mol. The molecule has 0 unspecified atom stereocenters. The second-order valence-corrected chi connectivity index (χ2v) is 4.14. The van der Waals surface area contributed by atoms with Crippen molar-refractivity contribution >= 4 is 5.91 Å². The Morgan fingerprint density at radius 1 is 1.53 bits per heavy atom. The van der Waals surface area contributed by atoms with Crippen molar-refractivity contribution in [3.8, 4) is 11.1 Å². The second-order valence-electron chi connectivity index (χ2n) is 4.14. The molecule has 1 heterocycles. The maximum Gasteiger partial charge on any atom is 0.251 e. The quantitative estimate of drug-likeness (QED) is 0.800. The van der Waals surface area contributed by atoms with Gasteiger partial charge in [-0.3, -0.25) is 9.89 Å². The Balaban J connectivity index is 2.16. The Labute approximate surface area is 112 Å². The van der Waals surface area contributed by atoms with Gasteiger partial charge in [-0.25, -0.2) is 0 Å². The van der Waals surface area contributed by atoms with Crippen LogP contribution in [0.2, 0.25) is 0 Å². The van der Waals surface area contributed by atoms with E-state index in [9.17, 15) is 4.79 Å². The first-order valence-corrected chi connectivity index (χ1v) is 6.01. The van der Waals surface area contributed by atoms with Crippen molar-refractivity contribution in [3.05, 3.63) is 41.7 Å². The van der Waals surface area contributed by atoms with Crippen LogP contribution in [0, 0.1) is 13.0 Å². The average molecular weight is 258 g/mol. The fraction of sp³-hybridized carbons (Fsp3) is 0.286. The zero-order valence-corrected chi connectivity index (χ0v) is 11.0. The van der Waals surface area contributed by atoms with Gasteiger partial charge in [-0.15, -0.1) is 0 Å². The molecule has 5 heteroatoms. The van der Waals surface area contributed by atoms with Gasteiger partial charge in [0.05, 0.1) is 12.3 Å². The zero-order chi connectivity index (χ0) is 13.7. The van der Waals surface area contributed by atoms with Crippen molar-refractivity contribution in [2.75, 3.05) is 20.3 Å². The number of ether oxygens (including phenoxy) is 1. The van der Waals surface area contributed by atoms with E-state index in [-0.39, 0.29) is 5.91 Å². The van der Waals surface area contributed by atoms with Crippen molar-refractivity contribution < 1.29 is 9.53 Å². The lowest BCUT2D eigenvalue weighted by atomic mass is 10.0. The maximum absolute atomic E-state index is 11.9. The minimum atomic E-state index is -0.128. The SMILES string of the molecule is COCCNC(=O)c1c[c]cc(-c2c[nH]nc2C)c1. The van der Waals surface area contributed by atoms with Gasteiger partial charge in [0.1, 0.15) is 0 Å². The van der Waals surface area contributed by atoms with Gasteiger partial charge < -0.3 is 10.1 Å². The van der Waals surface area contributed by atoms with E-state index in [1.165, 1.54) is 0 Å². The van der Waals surface area contributed by atoms with E-state index in [1.807, 2.05) is 25.3 Å². The number of rotatable bonds is 5. The lowest BCUT2D eigenvalue weighted by molar-refractivity contribution is 0.0937. The molecule has 0 aliphatic heterocycles. The monoisotopic (exact) mass is 258 g/mol. The molecule has 0 saturated carbocycles. The fourth-order valence-electron chi connectivity index (χ4n) is 1.78. The Kier molecular flexibility index (Phi) is 4.30. The highest BCUT2D eigenvalue weighted by Gasteiger charge is 2.09. The Hall–Kier alpha value is -2.14. The highest BCUT2D eigenvalue weighted by Crippen LogP contribution is 2.21. The molecule has 2 N–H and O–H groups in total. The van der Waals surface area contributed by atoms with Gasteiger partial charge in [0.2, 0.25) is 0 Å². The summed E-state index contributed by atoms with van der Waals surface area (Å²) in [5, 5.41) is 9.66. The molecule has 1 aromatic carbocycles. The van der Waals surface area contributed by atoms with Crippen molar-refractivity contribution in [3.63, 3.8) is 0 Å². The molecule has 0 saturated heterocycles. The number of nitrogens with one attached hydrogen (secondary N) is 2. The van der Waals surface area contributed by atoms with Crippen molar-refractivity contribution in [1.82, 2.24) is 15.5 Å². The fourth-order valence-corrected chi connectivity index (χ4v) is 1.78. The number of methoxy groups -OCH3 is 1. The molecule has 1 aromatic heterocycles. The molecule has 0 aliphatic carbocycles. The highest BCUT2D eigenvalue weighted by atomic mass is 16.5. The van der Waals surface area contributed by atoms with Gasteiger partial charge in [-0.05, 0) is 36.8 Å². The summed E-state index contributed by atoms with van der Waals surface area (Å²) < 4.78 is 4.89. The molecule has 0 atom stereocenters. The summed E-state index contributed by atoms with van der Waals surface area (Å²) in [5.41, 5.74) is 3.37. The number of aryl methyl sites for hydroxylation is 1. The molecule has 0 aliphatic rings. The van der Waals surface area contributed by atoms with Crippen LogP contribution in [0.25, 0.3) is 11.1 Å². The van der Waals surface area contributed by atoms with Crippen LogP contribution in [0.1, 0.15) is 16.1 Å². The summed E-state index contributed by atoms with van der Waals surface area (Å²) in [6.07, 6.45) is 1.81. The molecule has 0 spiro atoms. The van der Waals surface area contributed by atoms with Gasteiger partial charge in [0.15, 0.2) is 0 Å². The molecule has 99 valence electrons. The van der Waals surface area contributed by atoms with E-state index in [0.717, 1.165) is 16.8 Å². The smallest absolute Gasteiger partial charge is 0.251 e.